The van der Waals surface area contributed by atoms with Crippen LogP contribution in [-0.2, 0) is 14.8 Å². The molecule has 2 atom stereocenters. The lowest BCUT2D eigenvalue weighted by Gasteiger charge is -2.29. The van der Waals surface area contributed by atoms with E-state index in [0.717, 1.165) is 16.1 Å². The molecular formula is C19H23ClN2O3S. The maximum absolute atomic E-state index is 12.8. The van der Waals surface area contributed by atoms with Crippen LogP contribution < -0.4 is 9.62 Å². The van der Waals surface area contributed by atoms with Crippen LogP contribution in [-0.4, -0.2) is 26.6 Å². The fourth-order valence-corrected chi connectivity index (χ4v) is 4.10. The van der Waals surface area contributed by atoms with Gasteiger partial charge in [-0.1, -0.05) is 48.9 Å². The Morgan fingerprint density at radius 3 is 2.19 bits per heavy atom. The maximum atomic E-state index is 12.8. The third-order valence-electron chi connectivity index (χ3n) is 4.10. The normalized spacial score (nSPS) is 13.7. The molecule has 0 saturated heterocycles. The topological polar surface area (TPSA) is 66.5 Å². The molecule has 0 saturated carbocycles. The van der Waals surface area contributed by atoms with Crippen LogP contribution in [0.5, 0.6) is 0 Å². The zero-order valence-electron chi connectivity index (χ0n) is 15.0. The number of rotatable bonds is 7. The predicted molar refractivity (Wildman–Crippen MR) is 106 cm³/mol. The molecule has 0 aliphatic heterocycles. The number of hydrogen-bond acceptors (Lipinski definition) is 3. The molecule has 0 aliphatic carbocycles. The number of carbonyl (C=O) groups excluding carboxylic acids is 1. The summed E-state index contributed by atoms with van der Waals surface area (Å²) in [7, 11) is -3.65. The van der Waals surface area contributed by atoms with E-state index in [0.29, 0.717) is 17.1 Å². The number of halogens is 1. The van der Waals surface area contributed by atoms with E-state index in [9.17, 15) is 13.2 Å². The van der Waals surface area contributed by atoms with Crippen LogP contribution >= 0.6 is 11.6 Å². The average Bonchev–Trinajstić information content (AvgIpc) is 2.60. The average molecular weight is 395 g/mol. The SMILES string of the molecule is CC[C@@H](NC(=O)[C@H](C)N(c1ccc(Cl)cc1)S(C)(=O)=O)c1ccccc1. The van der Waals surface area contributed by atoms with E-state index in [4.69, 9.17) is 11.6 Å². The second kappa shape index (κ2) is 8.56. The largest absolute Gasteiger partial charge is 0.347 e. The van der Waals surface area contributed by atoms with Gasteiger partial charge in [-0.2, -0.15) is 0 Å². The summed E-state index contributed by atoms with van der Waals surface area (Å²) in [4.78, 5) is 12.8. The van der Waals surface area contributed by atoms with Crippen LogP contribution in [0.2, 0.25) is 5.02 Å². The Kier molecular flexibility index (Phi) is 6.67. The van der Waals surface area contributed by atoms with Crippen molar-refractivity contribution >= 4 is 33.2 Å². The lowest BCUT2D eigenvalue weighted by atomic mass is 10.0. The fraction of sp³-hybridized carbons (Fsp3) is 0.316. The number of anilines is 1. The van der Waals surface area contributed by atoms with Gasteiger partial charge < -0.3 is 5.32 Å². The van der Waals surface area contributed by atoms with Gasteiger partial charge in [0.15, 0.2) is 0 Å². The molecule has 2 rings (SSSR count). The quantitative estimate of drug-likeness (QED) is 0.777. The zero-order chi connectivity index (χ0) is 19.3. The van der Waals surface area contributed by atoms with Crippen LogP contribution in [0.3, 0.4) is 0 Å². The molecule has 0 radical (unpaired) electrons. The minimum Gasteiger partial charge on any atom is -0.347 e. The van der Waals surface area contributed by atoms with Gasteiger partial charge in [0.1, 0.15) is 6.04 Å². The minimum absolute atomic E-state index is 0.183. The lowest BCUT2D eigenvalue weighted by Crippen LogP contribution is -2.48. The van der Waals surface area contributed by atoms with Gasteiger partial charge in [-0.05, 0) is 43.2 Å². The smallest absolute Gasteiger partial charge is 0.244 e. The Labute approximate surface area is 160 Å². The van der Waals surface area contributed by atoms with Gasteiger partial charge >= 0.3 is 0 Å². The highest BCUT2D eigenvalue weighted by Crippen LogP contribution is 2.24. The first-order chi connectivity index (χ1) is 12.2. The third kappa shape index (κ3) is 4.99. The standard InChI is InChI=1S/C19H23ClN2O3S/c1-4-18(15-8-6-5-7-9-15)21-19(23)14(2)22(26(3,24)25)17-12-10-16(20)11-13-17/h5-14,18H,4H2,1-3H3,(H,21,23)/t14-,18+/m0/s1. The molecule has 0 unspecified atom stereocenters. The molecule has 26 heavy (non-hydrogen) atoms. The number of nitrogens with one attached hydrogen (secondary N) is 1. The maximum Gasteiger partial charge on any atom is 0.244 e. The molecule has 0 fully saturated rings. The van der Waals surface area contributed by atoms with Crippen LogP contribution in [0.15, 0.2) is 54.6 Å². The summed E-state index contributed by atoms with van der Waals surface area (Å²) < 4.78 is 25.7. The Balaban J connectivity index is 2.26. The van der Waals surface area contributed by atoms with E-state index in [1.807, 2.05) is 37.3 Å². The van der Waals surface area contributed by atoms with Gasteiger partial charge in [0, 0.05) is 5.02 Å². The summed E-state index contributed by atoms with van der Waals surface area (Å²) in [6.45, 7) is 3.54. The Morgan fingerprint density at radius 1 is 1.12 bits per heavy atom. The Hall–Kier alpha value is -2.05. The number of nitrogens with zero attached hydrogens (tertiary/aromatic N) is 1. The second-order valence-corrected chi connectivity index (χ2v) is 8.39. The summed E-state index contributed by atoms with van der Waals surface area (Å²) >= 11 is 5.88. The molecule has 0 spiro atoms. The molecule has 1 N–H and O–H groups in total. The van der Waals surface area contributed by atoms with Crippen molar-refractivity contribution in [2.45, 2.75) is 32.4 Å². The van der Waals surface area contributed by atoms with Gasteiger partial charge in [-0.25, -0.2) is 8.42 Å². The van der Waals surface area contributed by atoms with Crippen LogP contribution in [0.1, 0.15) is 31.9 Å². The van der Waals surface area contributed by atoms with Crippen LogP contribution in [0.4, 0.5) is 5.69 Å². The molecule has 5 nitrogen and oxygen atoms in total. The van der Waals surface area contributed by atoms with E-state index in [2.05, 4.69) is 5.32 Å². The van der Waals surface area contributed by atoms with E-state index in [1.165, 1.54) is 0 Å². The third-order valence-corrected chi connectivity index (χ3v) is 5.59. The van der Waals surface area contributed by atoms with Crippen molar-refractivity contribution in [2.75, 3.05) is 10.6 Å². The van der Waals surface area contributed by atoms with Crippen molar-refractivity contribution in [3.63, 3.8) is 0 Å². The van der Waals surface area contributed by atoms with E-state index < -0.39 is 16.1 Å². The number of sulfonamides is 1. The van der Waals surface area contributed by atoms with E-state index >= 15 is 0 Å². The Morgan fingerprint density at radius 2 is 1.69 bits per heavy atom. The lowest BCUT2D eigenvalue weighted by molar-refractivity contribution is -0.122. The first kappa shape index (κ1) is 20.3. The van der Waals surface area contributed by atoms with Crippen LogP contribution in [0.25, 0.3) is 0 Å². The van der Waals surface area contributed by atoms with Gasteiger partial charge in [0.25, 0.3) is 0 Å². The number of benzene rings is 2. The summed E-state index contributed by atoms with van der Waals surface area (Å²) in [6, 6.07) is 14.9. The Bertz CT molecular complexity index is 839. The highest BCUT2D eigenvalue weighted by atomic mass is 35.5. The molecular weight excluding hydrogens is 372 g/mol. The second-order valence-electron chi connectivity index (χ2n) is 6.09. The van der Waals surface area contributed by atoms with E-state index in [1.54, 1.807) is 31.2 Å². The molecule has 140 valence electrons. The molecule has 0 bridgehead atoms. The summed E-state index contributed by atoms with van der Waals surface area (Å²) in [5.74, 6) is -0.360. The number of carbonyl (C=O) groups is 1. The monoisotopic (exact) mass is 394 g/mol. The van der Waals surface area contributed by atoms with Crippen molar-refractivity contribution in [1.29, 1.82) is 0 Å². The number of hydrogen-bond donors (Lipinski definition) is 1. The van der Waals surface area contributed by atoms with Crippen LogP contribution in [0, 0.1) is 0 Å². The van der Waals surface area contributed by atoms with Crippen molar-refractivity contribution in [3.8, 4) is 0 Å². The first-order valence-corrected chi connectivity index (χ1v) is 10.6. The van der Waals surface area contributed by atoms with E-state index in [-0.39, 0.29) is 11.9 Å². The molecule has 2 aromatic carbocycles. The molecule has 0 heterocycles. The highest BCUT2D eigenvalue weighted by Gasteiger charge is 2.30. The zero-order valence-corrected chi connectivity index (χ0v) is 16.6. The van der Waals surface area contributed by atoms with Gasteiger partial charge in [0.05, 0.1) is 18.0 Å². The van der Waals surface area contributed by atoms with Crippen molar-refractivity contribution in [1.82, 2.24) is 5.32 Å². The van der Waals surface area contributed by atoms with Crippen molar-refractivity contribution < 1.29 is 13.2 Å². The van der Waals surface area contributed by atoms with Gasteiger partial charge in [-0.15, -0.1) is 0 Å². The molecule has 2 aromatic rings. The molecule has 0 aromatic heterocycles. The van der Waals surface area contributed by atoms with Crippen molar-refractivity contribution in [3.05, 3.63) is 65.2 Å². The van der Waals surface area contributed by atoms with Crippen molar-refractivity contribution in [2.24, 2.45) is 0 Å². The minimum atomic E-state index is -3.65. The van der Waals surface area contributed by atoms with Gasteiger partial charge in [0.2, 0.25) is 15.9 Å². The fourth-order valence-electron chi connectivity index (χ4n) is 2.80. The molecule has 0 aliphatic rings. The predicted octanol–water partition coefficient (Wildman–Crippen LogP) is 3.76. The first-order valence-electron chi connectivity index (χ1n) is 8.34. The summed E-state index contributed by atoms with van der Waals surface area (Å²) in [5.41, 5.74) is 1.38. The summed E-state index contributed by atoms with van der Waals surface area (Å²) in [5, 5.41) is 3.44. The number of amides is 1. The molecule has 1 amide bonds. The summed E-state index contributed by atoms with van der Waals surface area (Å²) in [6.07, 6.45) is 1.78. The molecule has 7 heteroatoms. The highest BCUT2D eigenvalue weighted by molar-refractivity contribution is 7.92. The van der Waals surface area contributed by atoms with Gasteiger partial charge in [-0.3, -0.25) is 9.10 Å².